The summed E-state index contributed by atoms with van der Waals surface area (Å²) in [5.74, 6) is -5.37. The molecule has 0 radical (unpaired) electrons. The van der Waals surface area contributed by atoms with Crippen LogP contribution in [0, 0.1) is 0 Å². The maximum atomic E-state index is 11.9. The van der Waals surface area contributed by atoms with E-state index in [0.29, 0.717) is 6.92 Å². The molecule has 0 saturated carbocycles. The summed E-state index contributed by atoms with van der Waals surface area (Å²) in [7, 11) is 0. The van der Waals surface area contributed by atoms with E-state index in [0.717, 1.165) is 0 Å². The SMILES string of the molecule is CC(=O)C(F)(F)C(F)Br. The predicted molar refractivity (Wildman–Crippen MR) is 29.5 cm³/mol. The van der Waals surface area contributed by atoms with Gasteiger partial charge in [-0.1, -0.05) is 0 Å². The molecule has 0 aliphatic heterocycles. The summed E-state index contributed by atoms with van der Waals surface area (Å²) < 4.78 is 35.5. The average Bonchev–Trinajstić information content (AvgIpc) is 1.65. The zero-order valence-corrected chi connectivity index (χ0v) is 6.08. The van der Waals surface area contributed by atoms with E-state index < -0.39 is 16.8 Å². The van der Waals surface area contributed by atoms with Gasteiger partial charge in [-0.15, -0.1) is 0 Å². The van der Waals surface area contributed by atoms with Crippen LogP contribution in [0.3, 0.4) is 0 Å². The highest BCUT2D eigenvalue weighted by molar-refractivity contribution is 9.09. The summed E-state index contributed by atoms with van der Waals surface area (Å²) in [6.45, 7) is 0.633. The Morgan fingerprint density at radius 3 is 2.00 bits per heavy atom. The van der Waals surface area contributed by atoms with E-state index in [4.69, 9.17) is 0 Å². The molecule has 0 amide bonds. The molecular weight excluding hydrogens is 201 g/mol. The van der Waals surface area contributed by atoms with Crippen LogP contribution >= 0.6 is 15.9 Å². The monoisotopic (exact) mass is 204 g/mol. The summed E-state index contributed by atoms with van der Waals surface area (Å²) in [5.41, 5.74) is 0. The third-order valence-electron chi connectivity index (χ3n) is 0.743. The van der Waals surface area contributed by atoms with Crippen LogP contribution in [0.25, 0.3) is 0 Å². The number of halogens is 4. The van der Waals surface area contributed by atoms with Crippen molar-refractivity contribution in [2.45, 2.75) is 17.9 Å². The molecule has 0 bridgehead atoms. The molecule has 0 aliphatic rings. The van der Waals surface area contributed by atoms with Gasteiger partial charge in [0.1, 0.15) is 0 Å². The summed E-state index contributed by atoms with van der Waals surface area (Å²) >= 11 is 1.96. The average molecular weight is 205 g/mol. The third kappa shape index (κ3) is 1.97. The van der Waals surface area contributed by atoms with E-state index in [9.17, 15) is 18.0 Å². The third-order valence-corrected chi connectivity index (χ3v) is 1.32. The number of alkyl halides is 4. The molecule has 0 saturated heterocycles. The van der Waals surface area contributed by atoms with Crippen LogP contribution in [0.15, 0.2) is 0 Å². The summed E-state index contributed by atoms with van der Waals surface area (Å²) in [6, 6.07) is 0. The molecule has 1 unspecified atom stereocenters. The van der Waals surface area contributed by atoms with E-state index >= 15 is 0 Å². The molecule has 54 valence electrons. The lowest BCUT2D eigenvalue weighted by Crippen LogP contribution is -2.33. The van der Waals surface area contributed by atoms with E-state index in [-0.39, 0.29) is 0 Å². The van der Waals surface area contributed by atoms with Crippen molar-refractivity contribution in [3.8, 4) is 0 Å². The fourth-order valence-electron chi connectivity index (χ4n) is 0.154. The molecule has 1 nitrogen and oxygen atoms in total. The van der Waals surface area contributed by atoms with Gasteiger partial charge in [-0.2, -0.15) is 8.78 Å². The topological polar surface area (TPSA) is 17.1 Å². The van der Waals surface area contributed by atoms with Crippen LogP contribution in [0.5, 0.6) is 0 Å². The number of hydrogen-bond donors (Lipinski definition) is 0. The first kappa shape index (κ1) is 8.94. The Labute approximate surface area is 58.4 Å². The van der Waals surface area contributed by atoms with Crippen molar-refractivity contribution in [3.05, 3.63) is 0 Å². The molecule has 0 aliphatic carbocycles. The quantitative estimate of drug-likeness (QED) is 0.629. The molecular formula is C4H4BrF3O. The van der Waals surface area contributed by atoms with Crippen molar-refractivity contribution in [1.82, 2.24) is 0 Å². The zero-order chi connectivity index (χ0) is 7.65. The second-order valence-corrected chi connectivity index (χ2v) is 2.28. The van der Waals surface area contributed by atoms with Crippen molar-refractivity contribution < 1.29 is 18.0 Å². The Morgan fingerprint density at radius 2 is 2.00 bits per heavy atom. The highest BCUT2D eigenvalue weighted by atomic mass is 79.9. The van der Waals surface area contributed by atoms with Gasteiger partial charge in [0.2, 0.25) is 10.9 Å². The number of carbonyl (C=O) groups excluding carboxylic acids is 1. The van der Waals surface area contributed by atoms with Gasteiger partial charge >= 0.3 is 5.92 Å². The predicted octanol–water partition coefficient (Wildman–Crippen LogP) is 1.90. The fraction of sp³-hybridized carbons (Fsp3) is 0.750. The first-order valence-corrected chi connectivity index (χ1v) is 2.97. The molecule has 5 heteroatoms. The molecule has 0 N–H and O–H groups in total. The van der Waals surface area contributed by atoms with Crippen LogP contribution in [0.1, 0.15) is 6.92 Å². The van der Waals surface area contributed by atoms with Crippen molar-refractivity contribution in [2.75, 3.05) is 0 Å². The van der Waals surface area contributed by atoms with Gasteiger partial charge in [0.05, 0.1) is 0 Å². The lowest BCUT2D eigenvalue weighted by Gasteiger charge is -2.10. The number of Topliss-reactive ketones (excluding diaryl/α,β-unsaturated/α-hetero) is 1. The molecule has 1 atom stereocenters. The van der Waals surface area contributed by atoms with Crippen LogP contribution in [-0.2, 0) is 4.79 Å². The Balaban J connectivity index is 4.19. The maximum absolute atomic E-state index is 11.9. The first-order chi connectivity index (χ1) is 3.89. The normalized spacial score (nSPS) is 15.2. The van der Waals surface area contributed by atoms with Crippen molar-refractivity contribution in [1.29, 1.82) is 0 Å². The van der Waals surface area contributed by atoms with Gasteiger partial charge in [0, 0.05) is 6.92 Å². The fourth-order valence-corrected chi connectivity index (χ4v) is 0.476. The second-order valence-electron chi connectivity index (χ2n) is 1.48. The first-order valence-electron chi connectivity index (χ1n) is 2.06. The standard InChI is InChI=1S/C4H4BrF3O/c1-2(9)4(7,8)3(5)6/h3H,1H3. The number of ketones is 1. The lowest BCUT2D eigenvalue weighted by molar-refractivity contribution is -0.144. The van der Waals surface area contributed by atoms with Gasteiger partial charge in [0.25, 0.3) is 0 Å². The highest BCUT2D eigenvalue weighted by Crippen LogP contribution is 2.26. The summed E-state index contributed by atoms with van der Waals surface area (Å²) in [4.78, 5) is 9.89. The highest BCUT2D eigenvalue weighted by Gasteiger charge is 2.43. The molecule has 0 heterocycles. The Hall–Kier alpha value is -0.0600. The van der Waals surface area contributed by atoms with Crippen LogP contribution < -0.4 is 0 Å². The van der Waals surface area contributed by atoms with Crippen molar-refractivity contribution in [2.24, 2.45) is 0 Å². The van der Waals surface area contributed by atoms with Crippen LogP contribution in [-0.4, -0.2) is 16.8 Å². The molecule has 0 aromatic rings. The van der Waals surface area contributed by atoms with Crippen molar-refractivity contribution in [3.63, 3.8) is 0 Å². The Morgan fingerprint density at radius 1 is 1.67 bits per heavy atom. The van der Waals surface area contributed by atoms with E-state index in [1.54, 1.807) is 0 Å². The minimum atomic E-state index is -3.89. The van der Waals surface area contributed by atoms with Crippen LogP contribution in [0.4, 0.5) is 13.2 Å². The zero-order valence-electron chi connectivity index (χ0n) is 4.50. The molecule has 0 fully saturated rings. The van der Waals surface area contributed by atoms with Gasteiger partial charge < -0.3 is 0 Å². The van der Waals surface area contributed by atoms with Crippen LogP contribution in [0.2, 0.25) is 0 Å². The Bertz CT molecular complexity index is 123. The maximum Gasteiger partial charge on any atom is 0.345 e. The molecule has 0 spiro atoms. The smallest absolute Gasteiger partial charge is 0.293 e. The molecule has 0 aromatic carbocycles. The number of rotatable bonds is 2. The molecule has 0 rings (SSSR count). The Kier molecular flexibility index (Phi) is 2.66. The minimum absolute atomic E-state index is 0.633. The van der Waals surface area contributed by atoms with E-state index in [1.165, 1.54) is 0 Å². The van der Waals surface area contributed by atoms with E-state index in [1.807, 2.05) is 15.9 Å². The summed E-state index contributed by atoms with van der Waals surface area (Å²) in [5, 5.41) is -2.58. The molecule has 9 heavy (non-hydrogen) atoms. The van der Waals surface area contributed by atoms with Crippen molar-refractivity contribution >= 4 is 21.7 Å². The number of hydrogen-bond acceptors (Lipinski definition) is 1. The van der Waals surface area contributed by atoms with Gasteiger partial charge in [-0.05, 0) is 15.9 Å². The van der Waals surface area contributed by atoms with Gasteiger partial charge in [-0.3, -0.25) is 4.79 Å². The lowest BCUT2D eigenvalue weighted by atomic mass is 10.3. The second kappa shape index (κ2) is 2.68. The largest absolute Gasteiger partial charge is 0.345 e. The van der Waals surface area contributed by atoms with E-state index in [2.05, 4.69) is 0 Å². The van der Waals surface area contributed by atoms with Gasteiger partial charge in [-0.25, -0.2) is 4.39 Å². The molecule has 0 aromatic heterocycles. The number of carbonyl (C=O) groups is 1. The minimum Gasteiger partial charge on any atom is -0.293 e. The van der Waals surface area contributed by atoms with Gasteiger partial charge in [0.15, 0.2) is 0 Å². The summed E-state index contributed by atoms with van der Waals surface area (Å²) in [6.07, 6.45) is 0.